The van der Waals surface area contributed by atoms with Crippen LogP contribution < -0.4 is 10.6 Å². The molecule has 13 heavy (non-hydrogen) atoms. The van der Waals surface area contributed by atoms with Crippen LogP contribution >= 0.6 is 0 Å². The molecule has 0 heterocycles. The van der Waals surface area contributed by atoms with Gasteiger partial charge in [0, 0.05) is 25.4 Å². The molecular formula is C9H18N2O2. The summed E-state index contributed by atoms with van der Waals surface area (Å²) < 4.78 is 0. The van der Waals surface area contributed by atoms with Gasteiger partial charge in [0.2, 0.25) is 11.8 Å². The van der Waals surface area contributed by atoms with Crippen LogP contribution in [0.4, 0.5) is 0 Å². The van der Waals surface area contributed by atoms with E-state index < -0.39 is 0 Å². The van der Waals surface area contributed by atoms with Gasteiger partial charge in [-0.3, -0.25) is 9.59 Å². The van der Waals surface area contributed by atoms with Gasteiger partial charge < -0.3 is 10.6 Å². The molecule has 0 radical (unpaired) electrons. The highest BCUT2D eigenvalue weighted by molar-refractivity contribution is 5.85. The molecule has 0 bridgehead atoms. The largest absolute Gasteiger partial charge is 0.356 e. The van der Waals surface area contributed by atoms with Crippen LogP contribution in [0.1, 0.15) is 27.2 Å². The molecule has 1 atom stereocenters. The van der Waals surface area contributed by atoms with Crippen LogP contribution in [0.3, 0.4) is 0 Å². The van der Waals surface area contributed by atoms with Crippen LogP contribution in [0.25, 0.3) is 0 Å². The zero-order chi connectivity index (χ0) is 10.3. The zero-order valence-electron chi connectivity index (χ0n) is 8.52. The average Bonchev–Trinajstić information content (AvgIpc) is 2.05. The molecule has 76 valence electrons. The van der Waals surface area contributed by atoms with Gasteiger partial charge in [0.05, 0.1) is 0 Å². The molecule has 0 aromatic carbocycles. The van der Waals surface area contributed by atoms with Crippen molar-refractivity contribution in [2.45, 2.75) is 27.2 Å². The standard InChI is InChI=1S/C9H18N2O2/c1-4-10-8(12)6-7(3)9(13)11-5-2/h7H,4-6H2,1-3H3,(H,10,12)(H,11,13). The van der Waals surface area contributed by atoms with E-state index in [-0.39, 0.29) is 24.2 Å². The summed E-state index contributed by atoms with van der Waals surface area (Å²) in [6, 6.07) is 0. The Morgan fingerprint density at radius 3 is 2.15 bits per heavy atom. The fourth-order valence-electron chi connectivity index (χ4n) is 0.989. The van der Waals surface area contributed by atoms with Crippen molar-refractivity contribution in [2.24, 2.45) is 5.92 Å². The number of hydrogen-bond acceptors (Lipinski definition) is 2. The first-order valence-electron chi connectivity index (χ1n) is 4.66. The maximum atomic E-state index is 11.2. The van der Waals surface area contributed by atoms with Crippen molar-refractivity contribution < 1.29 is 9.59 Å². The second-order valence-corrected chi connectivity index (χ2v) is 2.95. The number of nitrogens with one attached hydrogen (secondary N) is 2. The number of amides is 2. The predicted molar refractivity (Wildman–Crippen MR) is 51.1 cm³/mol. The Balaban J connectivity index is 3.78. The van der Waals surface area contributed by atoms with Crippen molar-refractivity contribution in [3.8, 4) is 0 Å². The minimum atomic E-state index is -0.244. The SMILES string of the molecule is CCNC(=O)CC(C)C(=O)NCC. The van der Waals surface area contributed by atoms with E-state index in [1.54, 1.807) is 6.92 Å². The summed E-state index contributed by atoms with van der Waals surface area (Å²) in [6.07, 6.45) is 0.264. The third kappa shape index (κ3) is 5.22. The molecule has 0 aliphatic rings. The lowest BCUT2D eigenvalue weighted by molar-refractivity contribution is -0.129. The lowest BCUT2D eigenvalue weighted by Crippen LogP contribution is -2.33. The van der Waals surface area contributed by atoms with Gasteiger partial charge in [-0.1, -0.05) is 6.92 Å². The molecule has 0 aliphatic carbocycles. The number of hydrogen-bond donors (Lipinski definition) is 2. The smallest absolute Gasteiger partial charge is 0.223 e. The molecule has 0 fully saturated rings. The van der Waals surface area contributed by atoms with Gasteiger partial charge in [0.15, 0.2) is 0 Å². The normalized spacial score (nSPS) is 11.9. The van der Waals surface area contributed by atoms with E-state index in [0.29, 0.717) is 13.1 Å². The van der Waals surface area contributed by atoms with E-state index in [0.717, 1.165) is 0 Å². The van der Waals surface area contributed by atoms with Crippen LogP contribution in [0.2, 0.25) is 0 Å². The second kappa shape index (κ2) is 6.46. The first-order chi connectivity index (χ1) is 6.11. The lowest BCUT2D eigenvalue weighted by Gasteiger charge is -2.10. The molecule has 0 saturated carbocycles. The van der Waals surface area contributed by atoms with E-state index >= 15 is 0 Å². The lowest BCUT2D eigenvalue weighted by atomic mass is 10.1. The van der Waals surface area contributed by atoms with Crippen molar-refractivity contribution in [1.82, 2.24) is 10.6 Å². The Labute approximate surface area is 79.1 Å². The van der Waals surface area contributed by atoms with Crippen molar-refractivity contribution in [1.29, 1.82) is 0 Å². The predicted octanol–water partition coefficient (Wildman–Crippen LogP) is 0.285. The minimum Gasteiger partial charge on any atom is -0.356 e. The molecule has 1 unspecified atom stereocenters. The Morgan fingerprint density at radius 1 is 1.15 bits per heavy atom. The molecule has 0 rings (SSSR count). The van der Waals surface area contributed by atoms with Gasteiger partial charge in [-0.25, -0.2) is 0 Å². The van der Waals surface area contributed by atoms with Crippen LogP contribution in [0, 0.1) is 5.92 Å². The first-order valence-corrected chi connectivity index (χ1v) is 4.66. The molecule has 2 amide bonds. The molecule has 4 nitrogen and oxygen atoms in total. The minimum absolute atomic E-state index is 0.0613. The second-order valence-electron chi connectivity index (χ2n) is 2.95. The van der Waals surface area contributed by atoms with Crippen molar-refractivity contribution in [3.63, 3.8) is 0 Å². The molecule has 0 aliphatic heterocycles. The highest BCUT2D eigenvalue weighted by Gasteiger charge is 2.15. The van der Waals surface area contributed by atoms with Gasteiger partial charge in [-0.15, -0.1) is 0 Å². The Kier molecular flexibility index (Phi) is 5.93. The highest BCUT2D eigenvalue weighted by Crippen LogP contribution is 2.00. The molecular weight excluding hydrogens is 168 g/mol. The summed E-state index contributed by atoms with van der Waals surface area (Å²) in [7, 11) is 0. The van der Waals surface area contributed by atoms with Crippen LogP contribution in [-0.4, -0.2) is 24.9 Å². The summed E-state index contributed by atoms with van der Waals surface area (Å²) in [6.45, 7) is 6.69. The van der Waals surface area contributed by atoms with E-state index in [1.165, 1.54) is 0 Å². The number of carbonyl (C=O) groups is 2. The third-order valence-corrected chi connectivity index (χ3v) is 1.66. The molecule has 2 N–H and O–H groups in total. The van der Waals surface area contributed by atoms with Gasteiger partial charge in [0.1, 0.15) is 0 Å². The summed E-state index contributed by atoms with van der Waals surface area (Å²) in [5.74, 6) is -0.374. The van der Waals surface area contributed by atoms with Crippen molar-refractivity contribution in [2.75, 3.05) is 13.1 Å². The van der Waals surface area contributed by atoms with Gasteiger partial charge in [-0.05, 0) is 13.8 Å². The molecule has 0 saturated heterocycles. The monoisotopic (exact) mass is 186 g/mol. The maximum Gasteiger partial charge on any atom is 0.223 e. The molecule has 0 spiro atoms. The fraction of sp³-hybridized carbons (Fsp3) is 0.778. The third-order valence-electron chi connectivity index (χ3n) is 1.66. The Bertz CT molecular complexity index is 180. The summed E-state index contributed by atoms with van der Waals surface area (Å²) >= 11 is 0. The Hall–Kier alpha value is -1.06. The van der Waals surface area contributed by atoms with E-state index in [1.807, 2.05) is 13.8 Å². The topological polar surface area (TPSA) is 58.2 Å². The number of carbonyl (C=O) groups excluding carboxylic acids is 2. The first kappa shape index (κ1) is 11.9. The summed E-state index contributed by atoms with van der Waals surface area (Å²) in [5.41, 5.74) is 0. The average molecular weight is 186 g/mol. The number of rotatable bonds is 5. The van der Waals surface area contributed by atoms with Crippen LogP contribution in [0.15, 0.2) is 0 Å². The van der Waals surface area contributed by atoms with Crippen LogP contribution in [-0.2, 0) is 9.59 Å². The molecule has 4 heteroatoms. The van der Waals surface area contributed by atoms with E-state index in [2.05, 4.69) is 10.6 Å². The fourth-order valence-corrected chi connectivity index (χ4v) is 0.989. The van der Waals surface area contributed by atoms with E-state index in [9.17, 15) is 9.59 Å². The summed E-state index contributed by atoms with van der Waals surface area (Å²) in [4.78, 5) is 22.3. The van der Waals surface area contributed by atoms with Crippen molar-refractivity contribution in [3.05, 3.63) is 0 Å². The van der Waals surface area contributed by atoms with Gasteiger partial charge in [0.25, 0.3) is 0 Å². The Morgan fingerprint density at radius 2 is 1.69 bits per heavy atom. The summed E-state index contributed by atoms with van der Waals surface area (Å²) in [5, 5.41) is 5.33. The quantitative estimate of drug-likeness (QED) is 0.648. The van der Waals surface area contributed by atoms with Gasteiger partial charge >= 0.3 is 0 Å². The molecule has 0 aromatic heterocycles. The zero-order valence-corrected chi connectivity index (χ0v) is 8.52. The van der Waals surface area contributed by atoms with Crippen molar-refractivity contribution >= 4 is 11.8 Å². The highest BCUT2D eigenvalue weighted by atomic mass is 16.2. The molecule has 0 aromatic rings. The van der Waals surface area contributed by atoms with E-state index in [4.69, 9.17) is 0 Å². The van der Waals surface area contributed by atoms with Crippen LogP contribution in [0.5, 0.6) is 0 Å². The van der Waals surface area contributed by atoms with Gasteiger partial charge in [-0.2, -0.15) is 0 Å². The maximum absolute atomic E-state index is 11.2.